The number of hydrogen-bond acceptors (Lipinski definition) is 5. The highest BCUT2D eigenvalue weighted by Gasteiger charge is 2.28. The Bertz CT molecular complexity index is 924. The number of aromatic nitrogens is 2. The van der Waals surface area contributed by atoms with Gasteiger partial charge in [0.1, 0.15) is 0 Å². The molecule has 9 nitrogen and oxygen atoms in total. The number of nitrogens with one attached hydrogen (secondary N) is 1. The van der Waals surface area contributed by atoms with Gasteiger partial charge in [0, 0.05) is 11.6 Å². The summed E-state index contributed by atoms with van der Waals surface area (Å²) in [5.74, 6) is 0. The summed E-state index contributed by atoms with van der Waals surface area (Å²) in [6.07, 6.45) is 3.47. The molecule has 1 heterocycles. The van der Waals surface area contributed by atoms with Gasteiger partial charge in [-0.15, -0.1) is 0 Å². The topological polar surface area (TPSA) is 141 Å². The fourth-order valence-electron chi connectivity index (χ4n) is 2.53. The van der Waals surface area contributed by atoms with Crippen molar-refractivity contribution in [2.75, 3.05) is 0 Å². The minimum Gasteiger partial charge on any atom is -0.351 e. The number of nitro groups is 1. The van der Waals surface area contributed by atoms with E-state index in [-0.39, 0.29) is 29.6 Å². The van der Waals surface area contributed by atoms with Gasteiger partial charge in [-0.3, -0.25) is 19.7 Å². The number of nitro benzene ring substituents is 1. The van der Waals surface area contributed by atoms with Crippen molar-refractivity contribution >= 4 is 22.8 Å². The minimum atomic E-state index is -1.17. The van der Waals surface area contributed by atoms with E-state index in [4.69, 9.17) is 5.73 Å². The highest BCUT2D eigenvalue weighted by atomic mass is 16.6. The van der Waals surface area contributed by atoms with Crippen LogP contribution in [0.2, 0.25) is 0 Å². The largest absolute Gasteiger partial charge is 0.351 e. The maximum absolute atomic E-state index is 11.7. The molecule has 3 rings (SSSR count). The van der Waals surface area contributed by atoms with Crippen LogP contribution in [0.1, 0.15) is 11.1 Å². The predicted molar refractivity (Wildman–Crippen MR) is 71.1 cm³/mol. The van der Waals surface area contributed by atoms with Crippen molar-refractivity contribution in [2.24, 2.45) is 5.73 Å². The van der Waals surface area contributed by atoms with Gasteiger partial charge in [-0.25, -0.2) is 9.36 Å². The normalized spacial score (nSPS) is 13.3. The Morgan fingerprint density at radius 2 is 2.05 bits per heavy atom. The average Bonchev–Trinajstić information content (AvgIpc) is 2.88. The second-order valence-corrected chi connectivity index (χ2v) is 4.54. The Morgan fingerprint density at radius 1 is 1.38 bits per heavy atom. The summed E-state index contributed by atoms with van der Waals surface area (Å²) in [5.41, 5.74) is 3.70. The molecule has 0 unspecified atom stereocenters. The summed E-state index contributed by atoms with van der Waals surface area (Å²) in [4.78, 5) is 47.7. The van der Waals surface area contributed by atoms with Crippen molar-refractivity contribution in [1.82, 2.24) is 9.55 Å². The molecule has 0 fully saturated rings. The van der Waals surface area contributed by atoms with Crippen LogP contribution in [-0.4, -0.2) is 20.5 Å². The van der Waals surface area contributed by atoms with Gasteiger partial charge in [0.2, 0.25) is 0 Å². The fraction of sp³-hybridized carbons (Fsp3) is 0.167. The number of nitrogens with zero attached hydrogens (tertiary/aromatic N) is 2. The van der Waals surface area contributed by atoms with E-state index in [0.717, 1.165) is 6.07 Å². The number of H-pyrrole nitrogens is 1. The molecule has 2 aromatic rings. The lowest BCUT2D eigenvalue weighted by Gasteiger charge is -2.09. The van der Waals surface area contributed by atoms with Gasteiger partial charge in [0.15, 0.2) is 0 Å². The smallest absolute Gasteiger partial charge is 0.326 e. The molecular weight excluding hydrogens is 280 g/mol. The van der Waals surface area contributed by atoms with Crippen LogP contribution in [0.5, 0.6) is 0 Å². The number of amides is 1. The molecule has 1 amide bonds. The molecule has 0 bridgehead atoms. The predicted octanol–water partition coefficient (Wildman–Crippen LogP) is -0.295. The lowest BCUT2D eigenvalue weighted by atomic mass is 10.1. The van der Waals surface area contributed by atoms with Crippen molar-refractivity contribution in [3.8, 4) is 0 Å². The van der Waals surface area contributed by atoms with Crippen molar-refractivity contribution in [3.63, 3.8) is 0 Å². The third-order valence-electron chi connectivity index (χ3n) is 3.40. The summed E-state index contributed by atoms with van der Waals surface area (Å²) >= 11 is 0. The van der Waals surface area contributed by atoms with Crippen molar-refractivity contribution in [2.45, 2.75) is 12.8 Å². The molecule has 106 valence electrons. The van der Waals surface area contributed by atoms with E-state index in [1.807, 2.05) is 0 Å². The van der Waals surface area contributed by atoms with Crippen LogP contribution < -0.4 is 16.9 Å². The SMILES string of the molecule is NC(=O)n1c(=O)c(=O)[nH]c2c3c(c([N+](=O)[O-])cc21)C[C]C3. The quantitative estimate of drug-likeness (QED) is 0.421. The number of rotatable bonds is 1. The first-order chi connectivity index (χ1) is 9.91. The number of hydrogen-bond donors (Lipinski definition) is 2. The molecule has 2 radical (unpaired) electrons. The average molecular weight is 288 g/mol. The molecule has 0 saturated carbocycles. The van der Waals surface area contributed by atoms with Crippen LogP contribution in [0.4, 0.5) is 10.5 Å². The standard InChI is InChI=1S/C12H8N4O5/c13-12(19)15-8-4-7(16(20)21)5-2-1-3-6(5)9(8)14-10(17)11(15)18/h4H,2-3H2,(H2,13,19)(H,14,17). The number of nitrogens with two attached hydrogens (primary N) is 1. The number of carbonyl (C=O) groups is 1. The van der Waals surface area contributed by atoms with E-state index in [2.05, 4.69) is 11.4 Å². The molecule has 0 atom stereocenters. The first-order valence-corrected chi connectivity index (χ1v) is 5.90. The van der Waals surface area contributed by atoms with E-state index in [9.17, 15) is 24.5 Å². The van der Waals surface area contributed by atoms with E-state index < -0.39 is 22.1 Å². The first-order valence-electron chi connectivity index (χ1n) is 5.90. The number of aromatic amines is 1. The zero-order valence-electron chi connectivity index (χ0n) is 10.5. The van der Waals surface area contributed by atoms with E-state index in [1.165, 1.54) is 0 Å². The van der Waals surface area contributed by atoms with Gasteiger partial charge in [-0.05, 0) is 24.8 Å². The van der Waals surface area contributed by atoms with Crippen LogP contribution in [0.15, 0.2) is 15.7 Å². The highest BCUT2D eigenvalue weighted by molar-refractivity contribution is 5.91. The number of primary amides is 1. The van der Waals surface area contributed by atoms with Gasteiger partial charge < -0.3 is 10.7 Å². The summed E-state index contributed by atoms with van der Waals surface area (Å²) in [6.45, 7) is 0. The Hall–Kier alpha value is -2.97. The molecule has 0 aliphatic heterocycles. The highest BCUT2D eigenvalue weighted by Crippen LogP contribution is 2.34. The van der Waals surface area contributed by atoms with E-state index in [0.29, 0.717) is 15.7 Å². The molecule has 1 aliphatic rings. The van der Waals surface area contributed by atoms with Crippen molar-refractivity contribution < 1.29 is 9.72 Å². The Labute approximate surface area is 116 Å². The summed E-state index contributed by atoms with van der Waals surface area (Å²) in [6, 6.07) is -0.0974. The Kier molecular flexibility index (Phi) is 2.65. The van der Waals surface area contributed by atoms with E-state index >= 15 is 0 Å². The third-order valence-corrected chi connectivity index (χ3v) is 3.40. The summed E-state index contributed by atoms with van der Waals surface area (Å²) < 4.78 is 0.444. The number of carbonyl (C=O) groups excluding carboxylic acids is 1. The molecule has 1 aliphatic carbocycles. The lowest BCUT2D eigenvalue weighted by molar-refractivity contribution is -0.385. The molecule has 1 aromatic carbocycles. The lowest BCUT2D eigenvalue weighted by Crippen LogP contribution is -2.42. The molecule has 21 heavy (non-hydrogen) atoms. The molecular formula is C12H8N4O5. The van der Waals surface area contributed by atoms with Crippen LogP contribution in [0.3, 0.4) is 0 Å². The van der Waals surface area contributed by atoms with Crippen LogP contribution >= 0.6 is 0 Å². The van der Waals surface area contributed by atoms with Crippen LogP contribution in [0.25, 0.3) is 11.0 Å². The van der Waals surface area contributed by atoms with Gasteiger partial charge in [-0.1, -0.05) is 0 Å². The minimum absolute atomic E-state index is 0.0822. The van der Waals surface area contributed by atoms with Gasteiger partial charge >= 0.3 is 17.1 Å². The molecule has 9 heteroatoms. The molecule has 3 N–H and O–H groups in total. The zero-order chi connectivity index (χ0) is 15.3. The first kappa shape index (κ1) is 13.0. The van der Waals surface area contributed by atoms with Crippen molar-refractivity contribution in [1.29, 1.82) is 0 Å². The van der Waals surface area contributed by atoms with Crippen LogP contribution in [-0.2, 0) is 12.8 Å². The van der Waals surface area contributed by atoms with Gasteiger partial charge in [-0.2, -0.15) is 0 Å². The van der Waals surface area contributed by atoms with E-state index in [1.54, 1.807) is 0 Å². The Balaban J connectivity index is 2.59. The Morgan fingerprint density at radius 3 is 2.67 bits per heavy atom. The molecule has 1 aromatic heterocycles. The molecule has 0 spiro atoms. The second-order valence-electron chi connectivity index (χ2n) is 4.54. The second kappa shape index (κ2) is 4.27. The summed E-state index contributed by atoms with van der Waals surface area (Å²) in [5, 5.41) is 11.1. The number of fused-ring (bicyclic) bond motifs is 3. The maximum atomic E-state index is 11.7. The van der Waals surface area contributed by atoms with Gasteiger partial charge in [0.25, 0.3) is 5.69 Å². The number of benzene rings is 1. The monoisotopic (exact) mass is 288 g/mol. The van der Waals surface area contributed by atoms with Crippen LogP contribution in [0, 0.1) is 16.5 Å². The fourth-order valence-corrected chi connectivity index (χ4v) is 2.53. The van der Waals surface area contributed by atoms with Crippen molar-refractivity contribution in [3.05, 3.63) is 54.4 Å². The zero-order valence-corrected chi connectivity index (χ0v) is 10.5. The molecule has 0 saturated heterocycles. The van der Waals surface area contributed by atoms with Gasteiger partial charge in [0.05, 0.1) is 16.0 Å². The summed E-state index contributed by atoms with van der Waals surface area (Å²) in [7, 11) is 0. The maximum Gasteiger partial charge on any atom is 0.326 e. The third kappa shape index (κ3) is 1.74.